The summed E-state index contributed by atoms with van der Waals surface area (Å²) in [5.41, 5.74) is -0.318. The summed E-state index contributed by atoms with van der Waals surface area (Å²) in [5, 5.41) is 17.0. The van der Waals surface area contributed by atoms with E-state index in [0.29, 0.717) is 0 Å². The molecule has 1 unspecified atom stereocenters. The quantitative estimate of drug-likeness (QED) is 0.404. The Balaban J connectivity index is 4.74. The summed E-state index contributed by atoms with van der Waals surface area (Å²) < 4.78 is 39.7. The number of esters is 1. The molecule has 82 valence electrons. The predicted octanol–water partition coefficient (Wildman–Crippen LogP) is 0.349. The fourth-order valence-corrected chi connectivity index (χ4v) is 0.420. The molecule has 0 aliphatic carbocycles. The van der Waals surface area contributed by atoms with E-state index in [0.717, 1.165) is 6.92 Å². The second-order valence-corrected chi connectivity index (χ2v) is 2.61. The summed E-state index contributed by atoms with van der Waals surface area (Å²) in [7, 11) is 0. The topological polar surface area (TPSA) is 66.8 Å². The Hall–Kier alpha value is -1.08. The van der Waals surface area contributed by atoms with Crippen LogP contribution in [0.1, 0.15) is 6.92 Å². The van der Waals surface area contributed by atoms with Gasteiger partial charge >= 0.3 is 17.9 Å². The minimum absolute atomic E-state index is 0.318. The van der Waals surface area contributed by atoms with E-state index in [2.05, 4.69) is 11.3 Å². The van der Waals surface area contributed by atoms with Crippen molar-refractivity contribution in [3.05, 3.63) is 12.2 Å². The maximum absolute atomic E-state index is 12.0. The first-order chi connectivity index (χ1) is 6.14. The molecule has 0 bridgehead atoms. The molecule has 4 nitrogen and oxygen atoms in total. The first kappa shape index (κ1) is 12.9. The molecule has 0 aromatic carbocycles. The lowest BCUT2D eigenvalue weighted by Crippen LogP contribution is -2.52. The fraction of sp³-hybridized carbons (Fsp3) is 0.571. The first-order valence-electron chi connectivity index (χ1n) is 3.43. The zero-order chi connectivity index (χ0) is 11.6. The Kier molecular flexibility index (Phi) is 3.66. The second-order valence-electron chi connectivity index (χ2n) is 2.61. The van der Waals surface area contributed by atoms with E-state index >= 15 is 0 Å². The van der Waals surface area contributed by atoms with Crippen molar-refractivity contribution < 1.29 is 32.9 Å². The number of ether oxygens (including phenoxy) is 1. The molecule has 0 rings (SSSR count). The molecule has 0 saturated heterocycles. The molecule has 0 aromatic rings. The number of alkyl halides is 3. The van der Waals surface area contributed by atoms with Gasteiger partial charge in [0.15, 0.2) is 0 Å². The van der Waals surface area contributed by atoms with Gasteiger partial charge in [-0.1, -0.05) is 6.58 Å². The van der Waals surface area contributed by atoms with Crippen LogP contribution in [0.3, 0.4) is 0 Å². The van der Waals surface area contributed by atoms with Gasteiger partial charge in [-0.2, -0.15) is 13.2 Å². The summed E-state index contributed by atoms with van der Waals surface area (Å²) in [5.74, 6) is -5.30. The van der Waals surface area contributed by atoms with Crippen molar-refractivity contribution in [2.24, 2.45) is 0 Å². The van der Waals surface area contributed by atoms with Crippen LogP contribution < -0.4 is 0 Å². The highest BCUT2D eigenvalue weighted by Gasteiger charge is 2.57. The highest BCUT2D eigenvalue weighted by molar-refractivity contribution is 5.87. The van der Waals surface area contributed by atoms with Crippen molar-refractivity contribution in [2.45, 2.75) is 18.9 Å². The number of hydrogen-bond acceptors (Lipinski definition) is 4. The van der Waals surface area contributed by atoms with Gasteiger partial charge in [0.2, 0.25) is 0 Å². The van der Waals surface area contributed by atoms with Crippen LogP contribution in [-0.2, 0) is 9.53 Å². The Morgan fingerprint density at radius 3 is 2.14 bits per heavy atom. The highest BCUT2D eigenvalue weighted by atomic mass is 19.4. The van der Waals surface area contributed by atoms with Crippen LogP contribution in [0.2, 0.25) is 0 Å². The largest absolute Gasteiger partial charge is 0.457 e. The van der Waals surface area contributed by atoms with Crippen molar-refractivity contribution in [3.63, 3.8) is 0 Å². The molecule has 0 aliphatic heterocycles. The average Bonchev–Trinajstić information content (AvgIpc) is 2.01. The van der Waals surface area contributed by atoms with Crippen LogP contribution >= 0.6 is 0 Å². The average molecular weight is 214 g/mol. The van der Waals surface area contributed by atoms with Gasteiger partial charge in [0.1, 0.15) is 6.61 Å². The normalized spacial score (nSPS) is 15.9. The molecule has 0 amide bonds. The summed E-state index contributed by atoms with van der Waals surface area (Å²) in [6.07, 6.45) is -5.26. The van der Waals surface area contributed by atoms with Crippen molar-refractivity contribution in [2.75, 3.05) is 6.61 Å². The van der Waals surface area contributed by atoms with E-state index in [1.807, 2.05) is 0 Å². The summed E-state index contributed by atoms with van der Waals surface area (Å²) in [4.78, 5) is 10.7. The van der Waals surface area contributed by atoms with Crippen molar-refractivity contribution >= 4 is 5.97 Å². The van der Waals surface area contributed by atoms with Gasteiger partial charge in [-0.15, -0.1) is 0 Å². The number of aliphatic hydroxyl groups excluding tert-OH is 1. The van der Waals surface area contributed by atoms with E-state index in [9.17, 15) is 18.0 Å². The van der Waals surface area contributed by atoms with Crippen LogP contribution in [-0.4, -0.2) is 34.8 Å². The van der Waals surface area contributed by atoms with Crippen LogP contribution in [0.15, 0.2) is 12.2 Å². The van der Waals surface area contributed by atoms with E-state index < -0.39 is 24.5 Å². The van der Waals surface area contributed by atoms with Gasteiger partial charge in [-0.05, 0) is 6.92 Å². The van der Waals surface area contributed by atoms with Crippen molar-refractivity contribution in [1.82, 2.24) is 0 Å². The number of halogens is 3. The standard InChI is InChI=1S/C7H9F3O4/c1-4(2)5(12)14-6(13,3-11)7(8,9)10/h11,13H,1,3H2,2H3. The van der Waals surface area contributed by atoms with E-state index in [-0.39, 0.29) is 5.57 Å². The van der Waals surface area contributed by atoms with E-state index in [4.69, 9.17) is 10.2 Å². The molecule has 0 fully saturated rings. The number of hydrogen-bond donors (Lipinski definition) is 2. The molecule has 14 heavy (non-hydrogen) atoms. The molecule has 0 aliphatic rings. The first-order valence-corrected chi connectivity index (χ1v) is 3.43. The Morgan fingerprint density at radius 1 is 1.50 bits per heavy atom. The summed E-state index contributed by atoms with van der Waals surface area (Å²) >= 11 is 0. The summed E-state index contributed by atoms with van der Waals surface area (Å²) in [6.45, 7) is 2.36. The lowest BCUT2D eigenvalue weighted by Gasteiger charge is -2.27. The number of aliphatic hydroxyl groups is 2. The van der Waals surface area contributed by atoms with Crippen LogP contribution in [0.5, 0.6) is 0 Å². The molecule has 0 radical (unpaired) electrons. The van der Waals surface area contributed by atoms with Crippen LogP contribution in [0, 0.1) is 0 Å². The molecule has 0 spiro atoms. The summed E-state index contributed by atoms with van der Waals surface area (Å²) in [6, 6.07) is 0. The Morgan fingerprint density at radius 2 is 1.93 bits per heavy atom. The Labute approximate surface area is 77.6 Å². The molecule has 2 N–H and O–H groups in total. The number of rotatable bonds is 3. The highest BCUT2D eigenvalue weighted by Crippen LogP contribution is 2.31. The third kappa shape index (κ3) is 2.71. The van der Waals surface area contributed by atoms with Gasteiger partial charge in [-0.25, -0.2) is 4.79 Å². The second kappa shape index (κ2) is 3.97. The van der Waals surface area contributed by atoms with E-state index in [1.54, 1.807) is 0 Å². The molecular weight excluding hydrogens is 205 g/mol. The maximum atomic E-state index is 12.0. The Bertz CT molecular complexity index is 248. The third-order valence-electron chi connectivity index (χ3n) is 1.27. The number of carbonyl (C=O) groups excluding carboxylic acids is 1. The minimum Gasteiger partial charge on any atom is -0.418 e. The van der Waals surface area contributed by atoms with Crippen LogP contribution in [0.25, 0.3) is 0 Å². The fourth-order valence-electron chi connectivity index (χ4n) is 0.420. The van der Waals surface area contributed by atoms with Crippen molar-refractivity contribution in [3.8, 4) is 0 Å². The van der Waals surface area contributed by atoms with Crippen molar-refractivity contribution in [1.29, 1.82) is 0 Å². The molecular formula is C7H9F3O4. The van der Waals surface area contributed by atoms with Crippen LogP contribution in [0.4, 0.5) is 13.2 Å². The molecule has 1 atom stereocenters. The third-order valence-corrected chi connectivity index (χ3v) is 1.27. The zero-order valence-electron chi connectivity index (χ0n) is 7.26. The maximum Gasteiger partial charge on any atom is 0.457 e. The van der Waals surface area contributed by atoms with Gasteiger partial charge in [-0.3, -0.25) is 0 Å². The monoisotopic (exact) mass is 214 g/mol. The predicted molar refractivity (Wildman–Crippen MR) is 39.0 cm³/mol. The minimum atomic E-state index is -5.26. The van der Waals surface area contributed by atoms with E-state index in [1.165, 1.54) is 0 Å². The molecule has 0 aromatic heterocycles. The van der Waals surface area contributed by atoms with Gasteiger partial charge in [0.25, 0.3) is 0 Å². The smallest absolute Gasteiger partial charge is 0.418 e. The number of carbonyl (C=O) groups is 1. The van der Waals surface area contributed by atoms with Gasteiger partial charge in [0, 0.05) is 5.57 Å². The molecule has 0 saturated carbocycles. The van der Waals surface area contributed by atoms with Gasteiger partial charge in [0.05, 0.1) is 0 Å². The lowest BCUT2D eigenvalue weighted by molar-refractivity contribution is -0.359. The SMILES string of the molecule is C=C(C)C(=O)OC(O)(CO)C(F)(F)F. The van der Waals surface area contributed by atoms with Gasteiger partial charge < -0.3 is 14.9 Å². The lowest BCUT2D eigenvalue weighted by atomic mass is 10.3. The molecule has 7 heteroatoms. The molecule has 0 heterocycles. The zero-order valence-corrected chi connectivity index (χ0v) is 7.26.